The molecule has 0 spiro atoms. The number of hydrogen-bond donors (Lipinski definition) is 2. The molecule has 0 fully saturated rings. The van der Waals surface area contributed by atoms with E-state index in [0.29, 0.717) is 13.1 Å². The molecular weight excluding hydrogens is 298 g/mol. The predicted molar refractivity (Wildman–Crippen MR) is 88.9 cm³/mol. The fourth-order valence-corrected chi connectivity index (χ4v) is 2.19. The van der Waals surface area contributed by atoms with Gasteiger partial charge in [0.2, 0.25) is 0 Å². The summed E-state index contributed by atoms with van der Waals surface area (Å²) >= 11 is 0. The largest absolute Gasteiger partial charge is 0.480 e. The van der Waals surface area contributed by atoms with Crippen LogP contribution in [-0.4, -0.2) is 85.3 Å². The Morgan fingerprint density at radius 3 is 1.87 bits per heavy atom. The van der Waals surface area contributed by atoms with E-state index in [4.69, 9.17) is 10.2 Å². The number of anilines is 1. The Hall–Kier alpha value is -2.12. The Morgan fingerprint density at radius 1 is 0.870 bits per heavy atom. The quantitative estimate of drug-likeness (QED) is 0.614. The van der Waals surface area contributed by atoms with E-state index >= 15 is 0 Å². The Bertz CT molecular complexity index is 477. The maximum absolute atomic E-state index is 10.9. The molecule has 0 aliphatic heterocycles. The SMILES string of the molecule is CN(C)CCN(CCN(CC(=O)O)CC(=O)O)c1ccccc1. The highest BCUT2D eigenvalue weighted by Gasteiger charge is 2.15. The molecule has 128 valence electrons. The molecule has 0 heterocycles. The van der Waals surface area contributed by atoms with Crippen LogP contribution in [0, 0.1) is 0 Å². The van der Waals surface area contributed by atoms with Crippen LogP contribution < -0.4 is 4.90 Å². The molecule has 1 aromatic rings. The van der Waals surface area contributed by atoms with Crippen LogP contribution in [0.2, 0.25) is 0 Å². The van der Waals surface area contributed by atoms with Crippen molar-refractivity contribution in [3.05, 3.63) is 30.3 Å². The van der Waals surface area contributed by atoms with Gasteiger partial charge in [-0.2, -0.15) is 0 Å². The van der Waals surface area contributed by atoms with Crippen molar-refractivity contribution in [2.24, 2.45) is 0 Å². The lowest BCUT2D eigenvalue weighted by molar-refractivity contribution is -0.141. The number of aliphatic carboxylic acids is 2. The zero-order valence-electron chi connectivity index (χ0n) is 13.7. The number of nitrogens with zero attached hydrogens (tertiary/aromatic N) is 3. The molecule has 1 rings (SSSR count). The molecule has 0 aromatic heterocycles. The second-order valence-electron chi connectivity index (χ2n) is 5.62. The lowest BCUT2D eigenvalue weighted by atomic mass is 10.2. The Kier molecular flexibility index (Phi) is 8.07. The average Bonchev–Trinajstić information content (AvgIpc) is 2.46. The summed E-state index contributed by atoms with van der Waals surface area (Å²) in [6.45, 7) is 2.03. The van der Waals surface area contributed by atoms with Crippen molar-refractivity contribution in [3.8, 4) is 0 Å². The van der Waals surface area contributed by atoms with Crippen molar-refractivity contribution in [2.75, 3.05) is 58.3 Å². The molecule has 1 aromatic carbocycles. The van der Waals surface area contributed by atoms with Gasteiger partial charge in [-0.15, -0.1) is 0 Å². The van der Waals surface area contributed by atoms with Crippen molar-refractivity contribution in [1.29, 1.82) is 0 Å². The number of carboxylic acid groups (broad SMARTS) is 2. The Labute approximate surface area is 136 Å². The molecule has 0 amide bonds. The highest BCUT2D eigenvalue weighted by Crippen LogP contribution is 2.12. The summed E-state index contributed by atoms with van der Waals surface area (Å²) in [5.74, 6) is -2.04. The van der Waals surface area contributed by atoms with Crippen LogP contribution in [0.5, 0.6) is 0 Å². The van der Waals surface area contributed by atoms with Crippen LogP contribution in [0.1, 0.15) is 0 Å². The summed E-state index contributed by atoms with van der Waals surface area (Å²) in [6.07, 6.45) is 0. The molecule has 2 N–H and O–H groups in total. The van der Waals surface area contributed by atoms with Gasteiger partial charge in [0.05, 0.1) is 13.1 Å². The van der Waals surface area contributed by atoms with Gasteiger partial charge in [-0.3, -0.25) is 14.5 Å². The van der Waals surface area contributed by atoms with E-state index in [1.165, 1.54) is 4.90 Å². The molecule has 0 bridgehead atoms. The summed E-state index contributed by atoms with van der Waals surface area (Å²) in [6, 6.07) is 9.83. The fraction of sp³-hybridized carbons (Fsp3) is 0.500. The first-order valence-electron chi connectivity index (χ1n) is 7.49. The summed E-state index contributed by atoms with van der Waals surface area (Å²) in [5.41, 5.74) is 1.04. The van der Waals surface area contributed by atoms with Gasteiger partial charge < -0.3 is 20.0 Å². The highest BCUT2D eigenvalue weighted by molar-refractivity contribution is 5.72. The summed E-state index contributed by atoms with van der Waals surface area (Å²) in [7, 11) is 3.98. The van der Waals surface area contributed by atoms with E-state index < -0.39 is 11.9 Å². The van der Waals surface area contributed by atoms with E-state index in [9.17, 15) is 9.59 Å². The summed E-state index contributed by atoms with van der Waals surface area (Å²) in [4.78, 5) is 27.4. The number of carbonyl (C=O) groups is 2. The second kappa shape index (κ2) is 9.81. The number of rotatable bonds is 11. The zero-order chi connectivity index (χ0) is 17.2. The maximum atomic E-state index is 10.9. The molecule has 7 nitrogen and oxygen atoms in total. The van der Waals surface area contributed by atoms with E-state index in [-0.39, 0.29) is 13.1 Å². The molecule has 0 radical (unpaired) electrons. The lowest BCUT2D eigenvalue weighted by Gasteiger charge is -2.29. The van der Waals surface area contributed by atoms with Gasteiger partial charge in [0.1, 0.15) is 0 Å². The average molecular weight is 323 g/mol. The molecule has 23 heavy (non-hydrogen) atoms. The number of likely N-dealkylation sites (N-methyl/N-ethyl adjacent to an activating group) is 1. The molecule has 0 saturated heterocycles. The minimum absolute atomic E-state index is 0.275. The van der Waals surface area contributed by atoms with Gasteiger partial charge in [-0.1, -0.05) is 18.2 Å². The highest BCUT2D eigenvalue weighted by atomic mass is 16.4. The van der Waals surface area contributed by atoms with Crippen LogP contribution >= 0.6 is 0 Å². The van der Waals surface area contributed by atoms with Crippen LogP contribution in [0.15, 0.2) is 30.3 Å². The maximum Gasteiger partial charge on any atom is 0.317 e. The third-order valence-corrected chi connectivity index (χ3v) is 3.34. The van der Waals surface area contributed by atoms with Crippen molar-refractivity contribution in [2.45, 2.75) is 0 Å². The first-order valence-corrected chi connectivity index (χ1v) is 7.49. The van der Waals surface area contributed by atoms with Crippen LogP contribution in [0.25, 0.3) is 0 Å². The molecule has 7 heteroatoms. The number of para-hydroxylation sites is 1. The normalized spacial score (nSPS) is 11.0. The first kappa shape index (κ1) is 18.9. The van der Waals surface area contributed by atoms with Crippen LogP contribution in [-0.2, 0) is 9.59 Å². The van der Waals surface area contributed by atoms with Crippen molar-refractivity contribution < 1.29 is 19.8 Å². The Morgan fingerprint density at radius 2 is 1.39 bits per heavy atom. The molecule has 0 saturated carbocycles. The monoisotopic (exact) mass is 323 g/mol. The molecule has 0 unspecified atom stereocenters. The number of carboxylic acids is 2. The minimum Gasteiger partial charge on any atom is -0.480 e. The Balaban J connectivity index is 2.70. The smallest absolute Gasteiger partial charge is 0.317 e. The van der Waals surface area contributed by atoms with Gasteiger partial charge in [0, 0.05) is 31.9 Å². The van der Waals surface area contributed by atoms with E-state index in [1.807, 2.05) is 44.4 Å². The minimum atomic E-state index is -1.02. The third kappa shape index (κ3) is 8.18. The molecule has 0 aliphatic carbocycles. The van der Waals surface area contributed by atoms with E-state index in [2.05, 4.69) is 9.80 Å². The van der Waals surface area contributed by atoms with Crippen molar-refractivity contribution in [1.82, 2.24) is 9.80 Å². The van der Waals surface area contributed by atoms with Crippen LogP contribution in [0.3, 0.4) is 0 Å². The van der Waals surface area contributed by atoms with Gasteiger partial charge in [-0.25, -0.2) is 0 Å². The zero-order valence-corrected chi connectivity index (χ0v) is 13.7. The second-order valence-corrected chi connectivity index (χ2v) is 5.62. The van der Waals surface area contributed by atoms with Gasteiger partial charge in [0.15, 0.2) is 0 Å². The van der Waals surface area contributed by atoms with Crippen molar-refractivity contribution in [3.63, 3.8) is 0 Å². The summed E-state index contributed by atoms with van der Waals surface area (Å²) < 4.78 is 0. The molecule has 0 atom stereocenters. The first-order chi connectivity index (χ1) is 10.9. The van der Waals surface area contributed by atoms with Crippen molar-refractivity contribution >= 4 is 17.6 Å². The van der Waals surface area contributed by atoms with Gasteiger partial charge in [0.25, 0.3) is 0 Å². The van der Waals surface area contributed by atoms with Crippen LogP contribution in [0.4, 0.5) is 5.69 Å². The topological polar surface area (TPSA) is 84.3 Å². The van der Waals surface area contributed by atoms with Gasteiger partial charge >= 0.3 is 11.9 Å². The lowest BCUT2D eigenvalue weighted by Crippen LogP contribution is -2.42. The number of hydrogen-bond acceptors (Lipinski definition) is 5. The molecule has 0 aliphatic rings. The van der Waals surface area contributed by atoms with E-state index in [0.717, 1.165) is 18.8 Å². The van der Waals surface area contributed by atoms with E-state index in [1.54, 1.807) is 0 Å². The number of benzene rings is 1. The standard InChI is InChI=1S/C16H25N3O4/c1-17(2)8-10-19(14-6-4-3-5-7-14)11-9-18(12-15(20)21)13-16(22)23/h3-7H,8-13H2,1-2H3,(H,20,21)(H,22,23). The van der Waals surface area contributed by atoms with Gasteiger partial charge in [-0.05, 0) is 26.2 Å². The summed E-state index contributed by atoms with van der Waals surface area (Å²) in [5, 5.41) is 17.8. The predicted octanol–water partition coefficient (Wildman–Crippen LogP) is 0.526. The third-order valence-electron chi connectivity index (χ3n) is 3.34. The fourth-order valence-electron chi connectivity index (χ4n) is 2.19. The molecular formula is C16H25N3O4.